The second kappa shape index (κ2) is 7.84. The van der Waals surface area contributed by atoms with Gasteiger partial charge in [-0.2, -0.15) is 0 Å². The quantitative estimate of drug-likeness (QED) is 0.516. The average molecular weight is 406 g/mol. The van der Waals surface area contributed by atoms with Crippen LogP contribution >= 0.6 is 0 Å². The van der Waals surface area contributed by atoms with Gasteiger partial charge >= 0.3 is 0 Å². The topological polar surface area (TPSA) is 62.8 Å². The first-order valence-corrected chi connectivity index (χ1v) is 9.94. The van der Waals surface area contributed by atoms with Crippen LogP contribution in [0, 0.1) is 11.6 Å². The Bertz CT molecular complexity index is 1180. The van der Waals surface area contributed by atoms with E-state index in [0.717, 1.165) is 42.4 Å². The standard InChI is InChI=1S/C23H20F2N4O/c24-18-4-1-5-19(25)23(18)14-6-7-20-16(9-14)17(11-28-20)21-12-27-13-22(29-21)30-15-3-2-8-26-10-15/h1,4-7,9,11-13,15,26,28H,2-3,8,10H2. The Balaban J connectivity index is 1.53. The van der Waals surface area contributed by atoms with Crippen molar-refractivity contribution >= 4 is 10.9 Å². The summed E-state index contributed by atoms with van der Waals surface area (Å²) in [6.45, 7) is 1.79. The molecule has 5 nitrogen and oxygen atoms in total. The van der Waals surface area contributed by atoms with Gasteiger partial charge in [-0.15, -0.1) is 0 Å². The predicted octanol–water partition coefficient (Wildman–Crippen LogP) is 4.70. The van der Waals surface area contributed by atoms with Gasteiger partial charge in [0.1, 0.15) is 17.7 Å². The highest BCUT2D eigenvalue weighted by Crippen LogP contribution is 2.33. The molecule has 2 aromatic heterocycles. The molecular weight excluding hydrogens is 386 g/mol. The van der Waals surface area contributed by atoms with Crippen molar-refractivity contribution in [3.8, 4) is 28.3 Å². The number of aromatic amines is 1. The number of aromatic nitrogens is 3. The Hall–Kier alpha value is -3.32. The van der Waals surface area contributed by atoms with E-state index in [1.54, 1.807) is 24.5 Å². The fourth-order valence-corrected chi connectivity index (χ4v) is 3.89. The number of ether oxygens (including phenoxy) is 1. The van der Waals surface area contributed by atoms with Gasteiger partial charge < -0.3 is 15.0 Å². The minimum atomic E-state index is -0.595. The summed E-state index contributed by atoms with van der Waals surface area (Å²) in [5.41, 5.74) is 2.69. The number of hydrogen-bond acceptors (Lipinski definition) is 4. The smallest absolute Gasteiger partial charge is 0.233 e. The molecule has 152 valence electrons. The number of halogens is 2. The third kappa shape index (κ3) is 3.52. The maximum absolute atomic E-state index is 14.3. The number of piperidine rings is 1. The van der Waals surface area contributed by atoms with Crippen molar-refractivity contribution in [3.63, 3.8) is 0 Å². The van der Waals surface area contributed by atoms with E-state index in [9.17, 15) is 8.78 Å². The summed E-state index contributed by atoms with van der Waals surface area (Å²) in [5, 5.41) is 4.12. The largest absolute Gasteiger partial charge is 0.472 e. The van der Waals surface area contributed by atoms with Gasteiger partial charge in [0.15, 0.2) is 0 Å². The van der Waals surface area contributed by atoms with Crippen molar-refractivity contribution < 1.29 is 13.5 Å². The van der Waals surface area contributed by atoms with Crippen LogP contribution in [0.5, 0.6) is 5.88 Å². The van der Waals surface area contributed by atoms with Crippen molar-refractivity contribution in [1.82, 2.24) is 20.3 Å². The summed E-state index contributed by atoms with van der Waals surface area (Å²) < 4.78 is 34.5. The minimum Gasteiger partial charge on any atom is -0.472 e. The number of hydrogen-bond donors (Lipinski definition) is 2. The van der Waals surface area contributed by atoms with E-state index in [-0.39, 0.29) is 11.7 Å². The molecule has 3 heterocycles. The lowest BCUT2D eigenvalue weighted by Crippen LogP contribution is -2.37. The highest BCUT2D eigenvalue weighted by molar-refractivity contribution is 5.97. The average Bonchev–Trinajstić information content (AvgIpc) is 3.18. The second-order valence-electron chi connectivity index (χ2n) is 7.39. The molecule has 4 aromatic rings. The number of benzene rings is 2. The first kappa shape index (κ1) is 18.7. The van der Waals surface area contributed by atoms with Crippen LogP contribution in [0.3, 0.4) is 0 Å². The molecule has 0 bridgehead atoms. The van der Waals surface area contributed by atoms with E-state index < -0.39 is 11.6 Å². The van der Waals surface area contributed by atoms with Gasteiger partial charge in [0.2, 0.25) is 5.88 Å². The fraction of sp³-hybridized carbons (Fsp3) is 0.217. The number of fused-ring (bicyclic) bond motifs is 1. The fourth-order valence-electron chi connectivity index (χ4n) is 3.89. The molecule has 0 amide bonds. The van der Waals surface area contributed by atoms with Crippen LogP contribution in [0.25, 0.3) is 33.3 Å². The molecule has 0 saturated carbocycles. The molecule has 5 rings (SSSR count). The lowest BCUT2D eigenvalue weighted by atomic mass is 10.0. The Kier molecular flexibility index (Phi) is 4.88. The monoisotopic (exact) mass is 406 g/mol. The summed E-state index contributed by atoms with van der Waals surface area (Å²) >= 11 is 0. The van der Waals surface area contributed by atoms with Gasteiger partial charge in [0.25, 0.3) is 0 Å². The van der Waals surface area contributed by atoms with Crippen LogP contribution in [0.15, 0.2) is 55.0 Å². The predicted molar refractivity (Wildman–Crippen MR) is 111 cm³/mol. The van der Waals surface area contributed by atoms with Gasteiger partial charge in [-0.05, 0) is 49.2 Å². The normalized spacial score (nSPS) is 16.7. The van der Waals surface area contributed by atoms with Crippen molar-refractivity contribution in [2.45, 2.75) is 18.9 Å². The van der Waals surface area contributed by atoms with Gasteiger partial charge in [-0.1, -0.05) is 12.1 Å². The highest BCUT2D eigenvalue weighted by atomic mass is 19.1. The molecule has 0 spiro atoms. The number of nitrogens with zero attached hydrogens (tertiary/aromatic N) is 2. The molecule has 1 saturated heterocycles. The van der Waals surface area contributed by atoms with Crippen LogP contribution in [0.4, 0.5) is 8.78 Å². The van der Waals surface area contributed by atoms with Crippen molar-refractivity contribution in [2.75, 3.05) is 13.1 Å². The van der Waals surface area contributed by atoms with Crippen LogP contribution < -0.4 is 10.1 Å². The molecule has 1 fully saturated rings. The van der Waals surface area contributed by atoms with Crippen molar-refractivity contribution in [2.24, 2.45) is 0 Å². The summed E-state index contributed by atoms with van der Waals surface area (Å²) in [6, 6.07) is 9.15. The lowest BCUT2D eigenvalue weighted by Gasteiger charge is -2.23. The molecule has 1 aliphatic rings. The maximum Gasteiger partial charge on any atom is 0.233 e. The molecule has 30 heavy (non-hydrogen) atoms. The maximum atomic E-state index is 14.3. The summed E-state index contributed by atoms with van der Waals surface area (Å²) in [5.74, 6) is -0.725. The molecule has 0 aliphatic carbocycles. The van der Waals surface area contributed by atoms with Crippen LogP contribution in [-0.4, -0.2) is 34.1 Å². The van der Waals surface area contributed by atoms with E-state index in [4.69, 9.17) is 4.74 Å². The van der Waals surface area contributed by atoms with E-state index in [1.807, 2.05) is 12.3 Å². The van der Waals surface area contributed by atoms with E-state index in [0.29, 0.717) is 17.1 Å². The Morgan fingerprint density at radius 2 is 1.93 bits per heavy atom. The third-order valence-electron chi connectivity index (χ3n) is 5.36. The van der Waals surface area contributed by atoms with Gasteiger partial charge in [0, 0.05) is 29.2 Å². The minimum absolute atomic E-state index is 0.0421. The number of nitrogens with one attached hydrogen (secondary N) is 2. The molecule has 2 N–H and O–H groups in total. The van der Waals surface area contributed by atoms with E-state index >= 15 is 0 Å². The zero-order valence-corrected chi connectivity index (χ0v) is 16.2. The van der Waals surface area contributed by atoms with Gasteiger partial charge in [-0.25, -0.2) is 13.8 Å². The van der Waals surface area contributed by atoms with Gasteiger partial charge in [-0.3, -0.25) is 4.98 Å². The second-order valence-corrected chi connectivity index (χ2v) is 7.39. The molecule has 1 atom stereocenters. The third-order valence-corrected chi connectivity index (χ3v) is 5.36. The van der Waals surface area contributed by atoms with E-state index in [1.165, 1.54) is 18.2 Å². The first-order chi connectivity index (χ1) is 14.7. The highest BCUT2D eigenvalue weighted by Gasteiger charge is 2.17. The molecule has 7 heteroatoms. The first-order valence-electron chi connectivity index (χ1n) is 9.94. The Morgan fingerprint density at radius 3 is 2.73 bits per heavy atom. The van der Waals surface area contributed by atoms with Crippen LogP contribution in [-0.2, 0) is 0 Å². The Labute approximate surface area is 172 Å². The van der Waals surface area contributed by atoms with Crippen molar-refractivity contribution in [1.29, 1.82) is 0 Å². The Morgan fingerprint density at radius 1 is 1.07 bits per heavy atom. The molecule has 1 unspecified atom stereocenters. The molecule has 2 aromatic carbocycles. The van der Waals surface area contributed by atoms with Gasteiger partial charge in [0.05, 0.1) is 23.7 Å². The number of rotatable bonds is 4. The van der Waals surface area contributed by atoms with Crippen molar-refractivity contribution in [3.05, 3.63) is 66.6 Å². The SMILES string of the molecule is Fc1cccc(F)c1-c1ccc2[nH]cc(-c3cncc(OC4CCCNC4)n3)c2c1. The molecule has 0 radical (unpaired) electrons. The molecule has 1 aliphatic heterocycles. The van der Waals surface area contributed by atoms with E-state index in [2.05, 4.69) is 20.3 Å². The van der Waals surface area contributed by atoms with Crippen LogP contribution in [0.1, 0.15) is 12.8 Å². The summed E-state index contributed by atoms with van der Waals surface area (Å²) in [6.07, 6.45) is 7.20. The lowest BCUT2D eigenvalue weighted by molar-refractivity contribution is 0.160. The zero-order valence-electron chi connectivity index (χ0n) is 16.2. The van der Waals surface area contributed by atoms with Crippen LogP contribution in [0.2, 0.25) is 0 Å². The zero-order chi connectivity index (χ0) is 20.5. The summed E-state index contributed by atoms with van der Waals surface area (Å²) in [7, 11) is 0. The molecular formula is C23H20F2N4O. The number of H-pyrrole nitrogens is 1. The summed E-state index contributed by atoms with van der Waals surface area (Å²) in [4.78, 5) is 12.1.